The SMILES string of the molecule is CSC1CCC(Nc2ncc(N)cc2Br)C1. The van der Waals surface area contributed by atoms with Crippen LogP contribution in [-0.4, -0.2) is 22.5 Å². The van der Waals surface area contributed by atoms with Gasteiger partial charge in [-0.25, -0.2) is 4.98 Å². The second kappa shape index (κ2) is 5.27. The zero-order valence-electron chi connectivity index (χ0n) is 9.24. The highest BCUT2D eigenvalue weighted by Gasteiger charge is 2.24. The highest BCUT2D eigenvalue weighted by molar-refractivity contribution is 9.10. The summed E-state index contributed by atoms with van der Waals surface area (Å²) in [6.45, 7) is 0. The number of nitrogen functional groups attached to an aromatic ring is 1. The van der Waals surface area contributed by atoms with Gasteiger partial charge in [0.15, 0.2) is 0 Å². The van der Waals surface area contributed by atoms with Crippen LogP contribution in [0.3, 0.4) is 0 Å². The van der Waals surface area contributed by atoms with Gasteiger partial charge in [0.1, 0.15) is 5.82 Å². The minimum absolute atomic E-state index is 0.546. The van der Waals surface area contributed by atoms with Gasteiger partial charge in [-0.3, -0.25) is 0 Å². The molecule has 0 spiro atoms. The molecule has 1 fully saturated rings. The van der Waals surface area contributed by atoms with Gasteiger partial charge in [0.05, 0.1) is 16.4 Å². The van der Waals surface area contributed by atoms with Gasteiger partial charge in [-0.15, -0.1) is 0 Å². The van der Waals surface area contributed by atoms with E-state index >= 15 is 0 Å². The Bertz CT molecular complexity index is 372. The van der Waals surface area contributed by atoms with E-state index in [9.17, 15) is 0 Å². The van der Waals surface area contributed by atoms with Gasteiger partial charge in [-0.1, -0.05) is 0 Å². The van der Waals surface area contributed by atoms with E-state index in [4.69, 9.17) is 5.73 Å². The molecule has 0 radical (unpaired) electrons. The Morgan fingerprint density at radius 1 is 1.56 bits per heavy atom. The van der Waals surface area contributed by atoms with Crippen LogP contribution in [0.5, 0.6) is 0 Å². The lowest BCUT2D eigenvalue weighted by molar-refractivity contribution is 0.751. The van der Waals surface area contributed by atoms with E-state index in [2.05, 4.69) is 32.5 Å². The second-order valence-corrected chi connectivity index (χ2v) is 6.10. The molecule has 1 heterocycles. The van der Waals surface area contributed by atoms with E-state index in [1.54, 1.807) is 6.20 Å². The van der Waals surface area contributed by atoms with Gasteiger partial charge in [0.2, 0.25) is 0 Å². The molecular weight excluding hydrogens is 286 g/mol. The van der Waals surface area contributed by atoms with Crippen molar-refractivity contribution >= 4 is 39.2 Å². The summed E-state index contributed by atoms with van der Waals surface area (Å²) in [4.78, 5) is 4.30. The minimum atomic E-state index is 0.546. The highest BCUT2D eigenvalue weighted by atomic mass is 79.9. The van der Waals surface area contributed by atoms with Crippen LogP contribution in [0.25, 0.3) is 0 Å². The lowest BCUT2D eigenvalue weighted by Gasteiger charge is -2.14. The van der Waals surface area contributed by atoms with Gasteiger partial charge in [-0.05, 0) is 47.5 Å². The Morgan fingerprint density at radius 2 is 2.38 bits per heavy atom. The van der Waals surface area contributed by atoms with Crippen molar-refractivity contribution in [1.82, 2.24) is 4.98 Å². The number of nitrogens with one attached hydrogen (secondary N) is 1. The van der Waals surface area contributed by atoms with Crippen LogP contribution in [0.15, 0.2) is 16.7 Å². The third-order valence-corrected chi connectivity index (χ3v) is 4.62. The molecule has 16 heavy (non-hydrogen) atoms. The molecule has 0 bridgehead atoms. The number of hydrogen-bond donors (Lipinski definition) is 2. The van der Waals surface area contributed by atoms with Crippen molar-refractivity contribution in [3.8, 4) is 0 Å². The quantitative estimate of drug-likeness (QED) is 0.900. The number of pyridine rings is 1. The Hall–Kier alpha value is -0.420. The van der Waals surface area contributed by atoms with E-state index < -0.39 is 0 Å². The van der Waals surface area contributed by atoms with Crippen LogP contribution in [0.2, 0.25) is 0 Å². The standard InChI is InChI=1S/C11H16BrN3S/c1-16-9-3-2-8(5-9)15-11-10(12)4-7(13)6-14-11/h4,6,8-9H,2-3,5,13H2,1H3,(H,14,15). The molecule has 1 aliphatic carbocycles. The molecular formula is C11H16BrN3S. The summed E-state index contributed by atoms with van der Waals surface area (Å²) in [5.74, 6) is 0.904. The molecule has 0 saturated heterocycles. The maximum atomic E-state index is 5.66. The third kappa shape index (κ3) is 2.83. The van der Waals surface area contributed by atoms with Crippen molar-refractivity contribution in [2.45, 2.75) is 30.6 Å². The number of thioether (sulfide) groups is 1. The summed E-state index contributed by atoms with van der Waals surface area (Å²) < 4.78 is 0.945. The Balaban J connectivity index is 1.99. The zero-order chi connectivity index (χ0) is 11.5. The smallest absolute Gasteiger partial charge is 0.140 e. The molecule has 1 saturated carbocycles. The first-order valence-electron chi connectivity index (χ1n) is 5.39. The predicted octanol–water partition coefficient (Wildman–Crippen LogP) is 3.12. The van der Waals surface area contributed by atoms with Crippen molar-refractivity contribution in [3.63, 3.8) is 0 Å². The number of rotatable bonds is 3. The van der Waals surface area contributed by atoms with Gasteiger partial charge in [0, 0.05) is 11.3 Å². The fourth-order valence-electron chi connectivity index (χ4n) is 2.04. The number of hydrogen-bond acceptors (Lipinski definition) is 4. The van der Waals surface area contributed by atoms with Crippen LogP contribution >= 0.6 is 27.7 Å². The van der Waals surface area contributed by atoms with Gasteiger partial charge >= 0.3 is 0 Å². The molecule has 2 rings (SSSR count). The Kier molecular flexibility index (Phi) is 3.97. The lowest BCUT2D eigenvalue weighted by Crippen LogP contribution is -2.17. The maximum absolute atomic E-state index is 5.66. The molecule has 3 nitrogen and oxygen atoms in total. The highest BCUT2D eigenvalue weighted by Crippen LogP contribution is 2.31. The largest absolute Gasteiger partial charge is 0.397 e. The van der Waals surface area contributed by atoms with Crippen molar-refractivity contribution in [3.05, 3.63) is 16.7 Å². The van der Waals surface area contributed by atoms with Crippen LogP contribution in [0.4, 0.5) is 11.5 Å². The maximum Gasteiger partial charge on any atom is 0.140 e. The Labute approximate surface area is 109 Å². The molecule has 1 aromatic rings. The fraction of sp³-hybridized carbons (Fsp3) is 0.545. The second-order valence-electron chi connectivity index (χ2n) is 4.11. The molecule has 3 N–H and O–H groups in total. The summed E-state index contributed by atoms with van der Waals surface area (Å²) in [5, 5.41) is 4.27. The average molecular weight is 302 g/mol. The van der Waals surface area contributed by atoms with Crippen LogP contribution < -0.4 is 11.1 Å². The predicted molar refractivity (Wildman–Crippen MR) is 74.9 cm³/mol. The summed E-state index contributed by atoms with van der Waals surface area (Å²) >= 11 is 5.44. The van der Waals surface area contributed by atoms with E-state index in [0.29, 0.717) is 11.7 Å². The van der Waals surface area contributed by atoms with Crippen LogP contribution in [-0.2, 0) is 0 Å². The van der Waals surface area contributed by atoms with Gasteiger partial charge in [0.25, 0.3) is 0 Å². The fourth-order valence-corrected chi connectivity index (χ4v) is 3.32. The minimum Gasteiger partial charge on any atom is -0.397 e. The molecule has 88 valence electrons. The number of anilines is 2. The summed E-state index contributed by atoms with van der Waals surface area (Å²) in [7, 11) is 0. The van der Waals surface area contributed by atoms with E-state index in [-0.39, 0.29) is 0 Å². The first-order chi connectivity index (χ1) is 7.69. The average Bonchev–Trinajstić information content (AvgIpc) is 2.70. The number of nitrogens with two attached hydrogens (primary N) is 1. The summed E-state index contributed by atoms with van der Waals surface area (Å²) in [5.41, 5.74) is 6.34. The van der Waals surface area contributed by atoms with Crippen LogP contribution in [0.1, 0.15) is 19.3 Å². The van der Waals surface area contributed by atoms with Crippen molar-refractivity contribution in [2.24, 2.45) is 0 Å². The zero-order valence-corrected chi connectivity index (χ0v) is 11.6. The van der Waals surface area contributed by atoms with Gasteiger partial charge in [-0.2, -0.15) is 11.8 Å². The molecule has 5 heteroatoms. The molecule has 1 aromatic heterocycles. The van der Waals surface area contributed by atoms with Crippen molar-refractivity contribution < 1.29 is 0 Å². The first kappa shape index (κ1) is 12.0. The van der Waals surface area contributed by atoms with Gasteiger partial charge < -0.3 is 11.1 Å². The first-order valence-corrected chi connectivity index (χ1v) is 7.47. The number of aromatic nitrogens is 1. The van der Waals surface area contributed by atoms with Crippen LogP contribution in [0, 0.1) is 0 Å². The number of nitrogens with zero attached hydrogens (tertiary/aromatic N) is 1. The molecule has 0 aliphatic heterocycles. The van der Waals surface area contributed by atoms with E-state index in [1.807, 2.05) is 17.8 Å². The monoisotopic (exact) mass is 301 g/mol. The van der Waals surface area contributed by atoms with Crippen molar-refractivity contribution in [2.75, 3.05) is 17.3 Å². The Morgan fingerprint density at radius 3 is 3.00 bits per heavy atom. The molecule has 2 unspecified atom stereocenters. The third-order valence-electron chi connectivity index (χ3n) is 2.92. The van der Waals surface area contributed by atoms with E-state index in [0.717, 1.165) is 15.5 Å². The van der Waals surface area contributed by atoms with Crippen molar-refractivity contribution in [1.29, 1.82) is 0 Å². The summed E-state index contributed by atoms with van der Waals surface area (Å²) in [6.07, 6.45) is 7.62. The molecule has 0 amide bonds. The normalized spacial score (nSPS) is 24.6. The topological polar surface area (TPSA) is 50.9 Å². The molecule has 0 aromatic carbocycles. The summed E-state index contributed by atoms with van der Waals surface area (Å²) in [6, 6.07) is 2.43. The number of halogens is 1. The van der Waals surface area contributed by atoms with E-state index in [1.165, 1.54) is 19.3 Å². The lowest BCUT2D eigenvalue weighted by atomic mass is 10.2. The molecule has 1 aliphatic rings. The molecule has 2 atom stereocenters.